The van der Waals surface area contributed by atoms with Crippen molar-refractivity contribution in [3.63, 3.8) is 0 Å². The number of aryl methyl sites for hydroxylation is 2. The Morgan fingerprint density at radius 2 is 0.500 bits per heavy atom. The van der Waals surface area contributed by atoms with Crippen molar-refractivity contribution in [1.29, 1.82) is 0 Å². The third-order valence-electron chi connectivity index (χ3n) is 16.4. The van der Waals surface area contributed by atoms with Gasteiger partial charge in [-0.1, -0.05) is 207 Å². The number of ether oxygens (including phenoxy) is 2. The van der Waals surface area contributed by atoms with Gasteiger partial charge in [-0.2, -0.15) is 0 Å². The van der Waals surface area contributed by atoms with Crippen molar-refractivity contribution in [3.05, 3.63) is 312 Å². The van der Waals surface area contributed by atoms with Crippen molar-refractivity contribution in [3.8, 4) is 0 Å². The van der Waals surface area contributed by atoms with Gasteiger partial charge in [-0.15, -0.1) is 0 Å². The van der Waals surface area contributed by atoms with Crippen LogP contribution in [-0.2, 0) is 48.7 Å². The second-order valence-electron chi connectivity index (χ2n) is 21.7. The summed E-state index contributed by atoms with van der Waals surface area (Å²) in [6, 6.07) is 93.4. The molecule has 14 aromatic carbocycles. The van der Waals surface area contributed by atoms with Crippen LogP contribution < -0.4 is 9.80 Å². The first-order valence-corrected chi connectivity index (χ1v) is 28.4. The second-order valence-corrected chi connectivity index (χ2v) is 21.7. The van der Waals surface area contributed by atoms with Crippen molar-refractivity contribution in [2.75, 3.05) is 9.80 Å². The topological polar surface area (TPSA) is 24.9 Å². The molecule has 0 heterocycles. The Labute approximate surface area is 479 Å². The van der Waals surface area contributed by atoms with E-state index in [1.54, 1.807) is 0 Å². The molecule has 0 bridgehead atoms. The van der Waals surface area contributed by atoms with Crippen LogP contribution in [0.3, 0.4) is 0 Å². The van der Waals surface area contributed by atoms with Crippen LogP contribution in [0.25, 0.3) is 76.8 Å². The summed E-state index contributed by atoms with van der Waals surface area (Å²) >= 11 is 0. The molecule has 14 aromatic rings. The van der Waals surface area contributed by atoms with Crippen molar-refractivity contribution < 1.29 is 9.47 Å². The lowest BCUT2D eigenvalue weighted by Crippen LogP contribution is -2.10. The molecule has 0 unspecified atom stereocenters. The number of nitrogens with zero attached hydrogens (tertiary/aromatic N) is 2. The Morgan fingerprint density at radius 1 is 0.256 bits per heavy atom. The average molecular weight is 1060 g/mol. The highest BCUT2D eigenvalue weighted by molar-refractivity contribution is 6.25. The summed E-state index contributed by atoms with van der Waals surface area (Å²) in [6.45, 7) is 9.92. The number of hydrogen-bond acceptors (Lipinski definition) is 4. The molecule has 0 aliphatic carbocycles. The molecule has 0 aromatic heterocycles. The number of rotatable bonds is 19. The minimum atomic E-state index is 0.527. The molecule has 0 amide bonds. The van der Waals surface area contributed by atoms with Gasteiger partial charge in [0.05, 0.1) is 26.4 Å². The maximum atomic E-state index is 6.19. The molecular weight excluding hydrogens is 997 g/mol. The zero-order valence-corrected chi connectivity index (χ0v) is 45.8. The summed E-state index contributed by atoms with van der Waals surface area (Å²) in [4.78, 5) is 4.78. The zero-order chi connectivity index (χ0) is 54.9. The maximum absolute atomic E-state index is 6.19. The standard InChI is InChI=1S/C78H60N2O2/c1-3-53-11-17-57(18-12-53)49-81-51-59-25-41-71(42-26-59)79(73-45-65-33-29-61-7-5-8-62-30-34-66(46-73)77(65)75(61)62)69-37-21-55(22-38-69)15-16-56-23-39-70(40-24-56)80(72-43-27-60(28-44-72)52-82-50-58-19-13-54(4-2)14-20-58)74-47-67-35-31-63-9-6-10-64-32-36-68(48-74)78(67)76(63)64/h3-14,17-48H,1-2,15-16,49-52H2. The Bertz CT molecular complexity index is 4140. The van der Waals surface area contributed by atoms with E-state index in [0.29, 0.717) is 26.4 Å². The predicted molar refractivity (Wildman–Crippen MR) is 347 cm³/mol. The molecule has 0 aliphatic heterocycles. The predicted octanol–water partition coefficient (Wildman–Crippen LogP) is 20.9. The van der Waals surface area contributed by atoms with E-state index in [1.807, 2.05) is 12.2 Å². The molecule has 0 spiro atoms. The van der Waals surface area contributed by atoms with Gasteiger partial charge >= 0.3 is 0 Å². The lowest BCUT2D eigenvalue weighted by atomic mass is 9.93. The summed E-state index contributed by atoms with van der Waals surface area (Å²) in [5, 5.41) is 15.3. The van der Waals surface area contributed by atoms with Crippen LogP contribution in [0.4, 0.5) is 34.1 Å². The largest absolute Gasteiger partial charge is 0.372 e. The van der Waals surface area contributed by atoms with Gasteiger partial charge in [-0.25, -0.2) is 0 Å². The molecule has 0 radical (unpaired) electrons. The van der Waals surface area contributed by atoms with E-state index in [0.717, 1.165) is 80.3 Å². The van der Waals surface area contributed by atoms with Crippen LogP contribution in [0, 0.1) is 0 Å². The number of benzene rings is 14. The van der Waals surface area contributed by atoms with Crippen LogP contribution in [0.5, 0.6) is 0 Å². The molecule has 0 N–H and O–H groups in total. The van der Waals surface area contributed by atoms with E-state index in [-0.39, 0.29) is 0 Å². The third-order valence-corrected chi connectivity index (χ3v) is 16.4. The molecule has 4 heteroatoms. The lowest BCUT2D eigenvalue weighted by molar-refractivity contribution is 0.107. The molecule has 0 aliphatic rings. The van der Waals surface area contributed by atoms with Gasteiger partial charge in [-0.3, -0.25) is 0 Å². The van der Waals surface area contributed by atoms with Crippen LogP contribution in [0.2, 0.25) is 0 Å². The van der Waals surface area contributed by atoms with Gasteiger partial charge < -0.3 is 19.3 Å². The molecule has 0 saturated carbocycles. The van der Waals surface area contributed by atoms with E-state index in [9.17, 15) is 0 Å². The quantitative estimate of drug-likeness (QED) is 0.0754. The normalized spacial score (nSPS) is 11.7. The molecule has 4 nitrogen and oxygen atoms in total. The van der Waals surface area contributed by atoms with E-state index >= 15 is 0 Å². The molecule has 0 atom stereocenters. The average Bonchev–Trinajstić information content (AvgIpc) is 3.22. The third kappa shape index (κ3) is 10.0. The minimum absolute atomic E-state index is 0.527. The minimum Gasteiger partial charge on any atom is -0.372 e. The van der Waals surface area contributed by atoms with Gasteiger partial charge in [-0.05, 0) is 195 Å². The van der Waals surface area contributed by atoms with Gasteiger partial charge in [0.1, 0.15) is 0 Å². The lowest BCUT2D eigenvalue weighted by Gasteiger charge is -2.27. The fraction of sp³-hybridized carbons (Fsp3) is 0.0769. The fourth-order valence-electron chi connectivity index (χ4n) is 12.1. The van der Waals surface area contributed by atoms with E-state index < -0.39 is 0 Å². The molecular formula is C78H60N2O2. The van der Waals surface area contributed by atoms with Crippen molar-refractivity contribution >= 4 is 111 Å². The first kappa shape index (κ1) is 50.4. The summed E-state index contributed by atoms with van der Waals surface area (Å²) in [6.07, 6.45) is 5.55. The van der Waals surface area contributed by atoms with E-state index in [4.69, 9.17) is 9.47 Å². The molecule has 394 valence electrons. The highest BCUT2D eigenvalue weighted by Gasteiger charge is 2.19. The summed E-state index contributed by atoms with van der Waals surface area (Å²) < 4.78 is 12.4. The molecule has 82 heavy (non-hydrogen) atoms. The Balaban J connectivity index is 0.724. The smallest absolute Gasteiger partial charge is 0.0721 e. The number of anilines is 6. The fourth-order valence-corrected chi connectivity index (χ4v) is 12.1. The Kier molecular flexibility index (Phi) is 13.5. The Hall–Kier alpha value is -9.84. The van der Waals surface area contributed by atoms with Crippen LogP contribution in [0.15, 0.2) is 268 Å². The van der Waals surface area contributed by atoms with E-state index in [1.165, 1.54) is 75.8 Å². The van der Waals surface area contributed by atoms with Gasteiger partial charge in [0.15, 0.2) is 0 Å². The van der Waals surface area contributed by atoms with Gasteiger partial charge in [0.25, 0.3) is 0 Å². The molecule has 0 saturated heterocycles. The van der Waals surface area contributed by atoms with Crippen molar-refractivity contribution in [2.45, 2.75) is 39.3 Å². The Morgan fingerprint density at radius 3 is 0.780 bits per heavy atom. The monoisotopic (exact) mass is 1060 g/mol. The zero-order valence-electron chi connectivity index (χ0n) is 45.8. The first-order valence-electron chi connectivity index (χ1n) is 28.4. The number of hydrogen-bond donors (Lipinski definition) is 0. The molecule has 14 rings (SSSR count). The molecule has 0 fully saturated rings. The van der Waals surface area contributed by atoms with Gasteiger partial charge in [0.2, 0.25) is 0 Å². The van der Waals surface area contributed by atoms with Crippen molar-refractivity contribution in [1.82, 2.24) is 0 Å². The van der Waals surface area contributed by atoms with Crippen molar-refractivity contribution in [2.24, 2.45) is 0 Å². The summed E-state index contributed by atoms with van der Waals surface area (Å²) in [7, 11) is 0. The van der Waals surface area contributed by atoms with Gasteiger partial charge in [0, 0.05) is 34.1 Å². The summed E-state index contributed by atoms with van der Waals surface area (Å²) in [5.74, 6) is 0. The first-order chi connectivity index (χ1) is 40.5. The highest BCUT2D eigenvalue weighted by Crippen LogP contribution is 2.44. The second kappa shape index (κ2) is 22.0. The maximum Gasteiger partial charge on any atom is 0.0721 e. The van der Waals surface area contributed by atoms with E-state index in [2.05, 4.69) is 278 Å². The van der Waals surface area contributed by atoms with Crippen LogP contribution in [-0.4, -0.2) is 0 Å². The summed E-state index contributed by atoms with van der Waals surface area (Å²) in [5.41, 5.74) is 16.0. The van der Waals surface area contributed by atoms with Crippen LogP contribution >= 0.6 is 0 Å². The van der Waals surface area contributed by atoms with Crippen LogP contribution in [0.1, 0.15) is 44.5 Å². The SMILES string of the molecule is C=Cc1ccc(COCc2ccc(N(c3ccc(CCc4ccc(N(c5ccc(COCc6ccc(C=C)cc6)cc5)c5cc6ccc7cccc8ccc(c5)c6c78)cc4)cc3)c3cc4ccc5cccc6ccc(c3)c4c56)cc2)cc1. The highest BCUT2D eigenvalue weighted by atomic mass is 16.5.